The first-order valence-corrected chi connectivity index (χ1v) is 17.4. The van der Waals surface area contributed by atoms with Crippen molar-refractivity contribution >= 4 is 39.4 Å². The molecule has 3 amide bonds. The summed E-state index contributed by atoms with van der Waals surface area (Å²) >= 11 is 0. The van der Waals surface area contributed by atoms with Crippen LogP contribution in [0.1, 0.15) is 48.1 Å². The van der Waals surface area contributed by atoms with Gasteiger partial charge in [0.1, 0.15) is 22.9 Å². The van der Waals surface area contributed by atoms with Crippen LogP contribution in [0.4, 0.5) is 26.5 Å². The smallest absolute Gasteiger partial charge is 0.353 e. The molecule has 1 saturated heterocycles. The molecule has 0 atom stereocenters. The van der Waals surface area contributed by atoms with E-state index in [0.717, 1.165) is 11.8 Å². The van der Waals surface area contributed by atoms with Crippen LogP contribution >= 0.6 is 0 Å². The Morgan fingerprint density at radius 2 is 1.65 bits per heavy atom. The summed E-state index contributed by atoms with van der Waals surface area (Å²) in [6.45, 7) is 11.1. The summed E-state index contributed by atoms with van der Waals surface area (Å²) in [5.74, 6) is -0.216. The molecule has 0 radical (unpaired) electrons. The van der Waals surface area contributed by atoms with Crippen molar-refractivity contribution in [3.8, 4) is 11.4 Å². The first-order chi connectivity index (χ1) is 23.1. The van der Waals surface area contributed by atoms with Gasteiger partial charge in [0.05, 0.1) is 36.1 Å². The number of hydrogen-bond acceptors (Lipinski definition) is 9. The van der Waals surface area contributed by atoms with Crippen molar-refractivity contribution in [2.24, 2.45) is 0 Å². The number of hydroxylamine groups is 1. The maximum atomic E-state index is 14.5. The van der Waals surface area contributed by atoms with E-state index >= 15 is 0 Å². The Balaban J connectivity index is 1.36. The van der Waals surface area contributed by atoms with Gasteiger partial charge in [-0.3, -0.25) is 4.79 Å². The predicted molar refractivity (Wildman–Crippen MR) is 184 cm³/mol. The third-order valence-electron chi connectivity index (χ3n) is 7.95. The molecule has 1 aliphatic heterocycles. The number of aryl methyl sites for hydroxylation is 2. The van der Waals surface area contributed by atoms with Crippen molar-refractivity contribution < 1.29 is 31.4 Å². The van der Waals surface area contributed by atoms with Crippen LogP contribution in [0.25, 0.3) is 5.69 Å². The number of amides is 3. The maximum Gasteiger partial charge on any atom is 0.353 e. The number of hydrogen-bond donors (Lipinski definition) is 1. The van der Waals surface area contributed by atoms with E-state index in [4.69, 9.17) is 14.1 Å². The number of nitrogens with zero attached hydrogens (tertiary/aromatic N) is 6. The summed E-state index contributed by atoms with van der Waals surface area (Å²) in [6.07, 6.45) is 0.853. The first kappa shape index (κ1) is 35.3. The van der Waals surface area contributed by atoms with E-state index < -0.39 is 33.3 Å². The van der Waals surface area contributed by atoms with Crippen LogP contribution < -0.4 is 20.0 Å². The molecule has 1 N–H and O–H groups in total. The number of methoxy groups -OCH3 is 1. The van der Waals surface area contributed by atoms with Crippen LogP contribution in [0.5, 0.6) is 5.75 Å². The molecule has 15 heteroatoms. The van der Waals surface area contributed by atoms with Gasteiger partial charge in [0.25, 0.3) is 16.0 Å². The van der Waals surface area contributed by atoms with E-state index in [1.54, 1.807) is 36.1 Å². The zero-order chi connectivity index (χ0) is 35.7. The highest BCUT2D eigenvalue weighted by Gasteiger charge is 2.31. The van der Waals surface area contributed by atoms with E-state index in [0.29, 0.717) is 59.8 Å². The molecule has 4 aromatic rings. The lowest BCUT2D eigenvalue weighted by Crippen LogP contribution is -2.49. The van der Waals surface area contributed by atoms with Crippen molar-refractivity contribution in [1.82, 2.24) is 19.7 Å². The average Bonchev–Trinajstić information content (AvgIpc) is 3.50. The van der Waals surface area contributed by atoms with Crippen LogP contribution in [-0.4, -0.2) is 79.6 Å². The van der Waals surface area contributed by atoms with Gasteiger partial charge in [-0.15, -0.1) is 9.35 Å². The lowest BCUT2D eigenvalue weighted by Gasteiger charge is -2.35. The number of pyridine rings is 1. The van der Waals surface area contributed by atoms with Crippen LogP contribution in [0.2, 0.25) is 0 Å². The second-order valence-electron chi connectivity index (χ2n) is 12.8. The molecular formula is C34H40FN7O6S. The fourth-order valence-corrected chi connectivity index (χ4v) is 5.69. The van der Waals surface area contributed by atoms with Crippen molar-refractivity contribution in [3.63, 3.8) is 0 Å². The van der Waals surface area contributed by atoms with Crippen molar-refractivity contribution in [2.45, 2.75) is 40.0 Å². The minimum atomic E-state index is -4.16. The largest absolute Gasteiger partial charge is 0.496 e. The Hall–Kier alpha value is -5.02. The molecule has 260 valence electrons. The van der Waals surface area contributed by atoms with Crippen LogP contribution in [0, 0.1) is 19.7 Å². The van der Waals surface area contributed by atoms with Crippen LogP contribution in [-0.2, 0) is 19.8 Å². The molecule has 0 aliphatic carbocycles. The molecule has 0 spiro atoms. The molecule has 0 saturated carbocycles. The second kappa shape index (κ2) is 13.8. The first-order valence-electron chi connectivity index (χ1n) is 15.6. The number of carbonyl (C=O) groups excluding carboxylic acids is 2. The summed E-state index contributed by atoms with van der Waals surface area (Å²) < 4.78 is 51.3. The monoisotopic (exact) mass is 693 g/mol. The maximum absolute atomic E-state index is 14.5. The highest BCUT2D eigenvalue weighted by molar-refractivity contribution is 7.86. The zero-order valence-corrected chi connectivity index (χ0v) is 29.3. The van der Waals surface area contributed by atoms with Gasteiger partial charge in [-0.2, -0.15) is 13.5 Å². The predicted octanol–water partition coefficient (Wildman–Crippen LogP) is 5.22. The molecular weight excluding hydrogens is 653 g/mol. The van der Waals surface area contributed by atoms with Crippen molar-refractivity contribution in [3.05, 3.63) is 89.0 Å². The van der Waals surface area contributed by atoms with Crippen LogP contribution in [0.15, 0.2) is 60.7 Å². The van der Waals surface area contributed by atoms with Gasteiger partial charge in [0.15, 0.2) is 5.82 Å². The third kappa shape index (κ3) is 8.00. The highest BCUT2D eigenvalue weighted by Crippen LogP contribution is 2.31. The topological polar surface area (TPSA) is 139 Å². The van der Waals surface area contributed by atoms with E-state index in [1.165, 1.54) is 23.9 Å². The summed E-state index contributed by atoms with van der Waals surface area (Å²) in [7, 11) is -2.77. The quantitative estimate of drug-likeness (QED) is 0.246. The fourth-order valence-electron chi connectivity index (χ4n) is 5.27. The van der Waals surface area contributed by atoms with Gasteiger partial charge in [0, 0.05) is 37.7 Å². The van der Waals surface area contributed by atoms with E-state index in [-0.39, 0.29) is 17.1 Å². The molecule has 13 nitrogen and oxygen atoms in total. The molecule has 0 unspecified atom stereocenters. The molecule has 5 rings (SSSR count). The number of carbonyl (C=O) groups is 2. The van der Waals surface area contributed by atoms with Gasteiger partial charge < -0.3 is 19.9 Å². The molecule has 1 fully saturated rings. The number of ether oxygens (including phenoxy) is 1. The Labute approximate surface area is 285 Å². The summed E-state index contributed by atoms with van der Waals surface area (Å²) in [6, 6.07) is 15.8. The van der Waals surface area contributed by atoms with Gasteiger partial charge in [0.2, 0.25) is 0 Å². The minimum absolute atomic E-state index is 0.0827. The van der Waals surface area contributed by atoms with Gasteiger partial charge >= 0.3 is 6.03 Å². The van der Waals surface area contributed by atoms with Crippen LogP contribution in [0.3, 0.4) is 0 Å². The summed E-state index contributed by atoms with van der Waals surface area (Å²) in [5.41, 5.74) is 2.48. The zero-order valence-electron chi connectivity index (χ0n) is 28.5. The number of urea groups is 1. The molecule has 2 aromatic heterocycles. The number of piperazine rings is 1. The van der Waals surface area contributed by atoms with Crippen molar-refractivity contribution in [1.29, 1.82) is 0 Å². The number of halogens is 1. The lowest BCUT2D eigenvalue weighted by atomic mass is 9.92. The Morgan fingerprint density at radius 3 is 2.24 bits per heavy atom. The Kier molecular flexibility index (Phi) is 9.97. The molecule has 2 aromatic carbocycles. The lowest BCUT2D eigenvalue weighted by molar-refractivity contribution is 0.0738. The number of nitrogens with one attached hydrogen (secondary N) is 1. The van der Waals surface area contributed by atoms with E-state index in [9.17, 15) is 22.4 Å². The van der Waals surface area contributed by atoms with Crippen molar-refractivity contribution in [2.75, 3.05) is 54.8 Å². The Bertz CT molecular complexity index is 1970. The molecule has 0 bridgehead atoms. The summed E-state index contributed by atoms with van der Waals surface area (Å²) in [5, 5.41) is 8.10. The highest BCUT2D eigenvalue weighted by atomic mass is 32.2. The molecule has 1 aliphatic rings. The number of benzene rings is 2. The Morgan fingerprint density at radius 1 is 0.980 bits per heavy atom. The van der Waals surface area contributed by atoms with Gasteiger partial charge in [-0.1, -0.05) is 44.5 Å². The number of aromatic nitrogens is 3. The van der Waals surface area contributed by atoms with Gasteiger partial charge in [-0.05, 0) is 50.2 Å². The SMILES string of the molecule is COc1cccc(F)c1C(=O)N1CCN(c2ccc(NC(=O)N(OS(C)(=O)=O)c3cc(C(C)(C)C)nn3-c3ccc(C)cc3)c(C)n2)CC1. The fraction of sp³-hybridized carbons (Fsp3) is 0.353. The summed E-state index contributed by atoms with van der Waals surface area (Å²) in [4.78, 5) is 35.1. The average molecular weight is 694 g/mol. The normalized spacial score (nSPS) is 13.7. The third-order valence-corrected chi connectivity index (χ3v) is 8.37. The number of rotatable bonds is 8. The molecule has 49 heavy (non-hydrogen) atoms. The molecule has 3 heterocycles. The number of anilines is 3. The second-order valence-corrected chi connectivity index (χ2v) is 14.3. The van der Waals surface area contributed by atoms with E-state index in [2.05, 4.69) is 10.3 Å². The minimum Gasteiger partial charge on any atom is -0.496 e. The standard InChI is InChI=1S/C34H40FN7O6S/c1-22-11-13-24(14-12-22)41-30(21-28(38-41)34(3,4)5)42(48-49(7,45)46)33(44)37-26-15-16-29(36-23(26)2)39-17-19-40(20-18-39)32(43)31-25(35)9-8-10-27(31)47-6/h8-16,21H,17-20H2,1-7H3,(H,37,44). The van der Waals surface area contributed by atoms with E-state index in [1.807, 2.05) is 56.9 Å². The van der Waals surface area contributed by atoms with Gasteiger partial charge in [-0.25, -0.2) is 18.9 Å².